The Morgan fingerprint density at radius 2 is 1.78 bits per heavy atom. The molecular weight excluding hydrogens is 222 g/mol. The average Bonchev–Trinajstić information content (AvgIpc) is 2.77. The summed E-state index contributed by atoms with van der Waals surface area (Å²) < 4.78 is 2.23. The third-order valence-corrected chi connectivity index (χ3v) is 3.27. The summed E-state index contributed by atoms with van der Waals surface area (Å²) in [5, 5.41) is 10.8. The minimum absolute atomic E-state index is 0.315. The molecule has 2 nitrogen and oxygen atoms in total. The summed E-state index contributed by atoms with van der Waals surface area (Å²) in [6, 6.07) is 18.0. The Morgan fingerprint density at radius 1 is 1.00 bits per heavy atom. The van der Waals surface area contributed by atoms with Gasteiger partial charge in [0.25, 0.3) is 0 Å². The molecule has 0 atom stereocenters. The van der Waals surface area contributed by atoms with Crippen molar-refractivity contribution < 1.29 is 5.11 Å². The van der Waals surface area contributed by atoms with Gasteiger partial charge in [-0.2, -0.15) is 0 Å². The van der Waals surface area contributed by atoms with Crippen molar-refractivity contribution in [2.75, 3.05) is 0 Å². The molecule has 1 aromatic heterocycles. The quantitative estimate of drug-likeness (QED) is 0.715. The molecule has 3 aromatic rings. The second-order valence-corrected chi connectivity index (χ2v) is 4.38. The predicted molar refractivity (Wildman–Crippen MR) is 74.7 cm³/mol. The minimum Gasteiger partial charge on any atom is -0.508 e. The highest BCUT2D eigenvalue weighted by atomic mass is 16.3. The van der Waals surface area contributed by atoms with Gasteiger partial charge in [-0.05, 0) is 30.7 Å². The zero-order chi connectivity index (χ0) is 12.5. The molecule has 0 aliphatic carbocycles. The van der Waals surface area contributed by atoms with E-state index in [1.54, 1.807) is 6.07 Å². The Bertz CT molecular complexity index is 683. The number of rotatable bonds is 2. The van der Waals surface area contributed by atoms with E-state index in [0.29, 0.717) is 5.75 Å². The number of hydrogen-bond acceptors (Lipinski definition) is 1. The number of hydrogen-bond donors (Lipinski definition) is 1. The van der Waals surface area contributed by atoms with Gasteiger partial charge in [-0.3, -0.25) is 0 Å². The van der Waals surface area contributed by atoms with Gasteiger partial charge in [-0.15, -0.1) is 0 Å². The summed E-state index contributed by atoms with van der Waals surface area (Å²) in [6.07, 6.45) is 0. The summed E-state index contributed by atoms with van der Waals surface area (Å²) in [5.41, 5.74) is 3.48. The molecule has 1 heterocycles. The van der Waals surface area contributed by atoms with Crippen molar-refractivity contribution in [3.63, 3.8) is 0 Å². The maximum absolute atomic E-state index is 9.62. The standard InChI is InChI=1S/C16H15NO/c1-2-17-15(12-6-4-3-5-7-12)10-13-8-9-14(18)11-16(13)17/h3-11,18H,2H2,1H3. The smallest absolute Gasteiger partial charge is 0.117 e. The van der Waals surface area contributed by atoms with Gasteiger partial charge in [-0.1, -0.05) is 30.3 Å². The zero-order valence-corrected chi connectivity index (χ0v) is 10.3. The van der Waals surface area contributed by atoms with Crippen molar-refractivity contribution in [3.05, 3.63) is 54.6 Å². The highest BCUT2D eigenvalue weighted by Crippen LogP contribution is 2.30. The molecule has 0 fully saturated rings. The van der Waals surface area contributed by atoms with Gasteiger partial charge in [0.15, 0.2) is 0 Å². The van der Waals surface area contributed by atoms with Crippen LogP contribution >= 0.6 is 0 Å². The number of aromatic nitrogens is 1. The molecule has 0 bridgehead atoms. The van der Waals surface area contributed by atoms with E-state index >= 15 is 0 Å². The fourth-order valence-electron chi connectivity index (χ4n) is 2.43. The second kappa shape index (κ2) is 4.22. The lowest BCUT2D eigenvalue weighted by atomic mass is 10.1. The first-order valence-corrected chi connectivity index (χ1v) is 6.17. The van der Waals surface area contributed by atoms with E-state index in [1.807, 2.05) is 30.3 Å². The molecule has 0 unspecified atom stereocenters. The van der Waals surface area contributed by atoms with E-state index in [9.17, 15) is 5.11 Å². The molecule has 3 rings (SSSR count). The van der Waals surface area contributed by atoms with Crippen molar-refractivity contribution in [2.24, 2.45) is 0 Å². The first-order valence-electron chi connectivity index (χ1n) is 6.17. The lowest BCUT2D eigenvalue weighted by Gasteiger charge is -2.08. The van der Waals surface area contributed by atoms with Crippen LogP contribution in [0.4, 0.5) is 0 Å². The Hall–Kier alpha value is -2.22. The summed E-state index contributed by atoms with van der Waals surface area (Å²) in [6.45, 7) is 3.01. The van der Waals surface area contributed by atoms with E-state index in [1.165, 1.54) is 11.3 Å². The molecule has 18 heavy (non-hydrogen) atoms. The van der Waals surface area contributed by atoms with Crippen LogP contribution in [-0.4, -0.2) is 9.67 Å². The Labute approximate surface area is 106 Å². The molecule has 0 saturated carbocycles. The summed E-state index contributed by atoms with van der Waals surface area (Å²) in [4.78, 5) is 0. The topological polar surface area (TPSA) is 25.2 Å². The van der Waals surface area contributed by atoms with Crippen molar-refractivity contribution in [1.82, 2.24) is 4.57 Å². The molecule has 0 saturated heterocycles. The summed E-state index contributed by atoms with van der Waals surface area (Å²) >= 11 is 0. The van der Waals surface area contributed by atoms with Crippen LogP contribution in [-0.2, 0) is 6.54 Å². The molecule has 0 radical (unpaired) electrons. The third-order valence-electron chi connectivity index (χ3n) is 3.27. The summed E-state index contributed by atoms with van der Waals surface area (Å²) in [7, 11) is 0. The normalized spacial score (nSPS) is 10.9. The average molecular weight is 237 g/mol. The van der Waals surface area contributed by atoms with Crippen LogP contribution in [0, 0.1) is 0 Å². The number of benzene rings is 2. The van der Waals surface area contributed by atoms with E-state index in [2.05, 4.69) is 29.7 Å². The number of fused-ring (bicyclic) bond motifs is 1. The van der Waals surface area contributed by atoms with E-state index < -0.39 is 0 Å². The van der Waals surface area contributed by atoms with Crippen molar-refractivity contribution in [2.45, 2.75) is 13.5 Å². The fraction of sp³-hybridized carbons (Fsp3) is 0.125. The van der Waals surface area contributed by atoms with Crippen LogP contribution in [0.25, 0.3) is 22.2 Å². The van der Waals surface area contributed by atoms with Gasteiger partial charge in [-0.25, -0.2) is 0 Å². The van der Waals surface area contributed by atoms with Gasteiger partial charge in [0.1, 0.15) is 5.75 Å². The number of aromatic hydroxyl groups is 1. The number of nitrogens with zero attached hydrogens (tertiary/aromatic N) is 1. The molecule has 1 N–H and O–H groups in total. The van der Waals surface area contributed by atoms with E-state index in [-0.39, 0.29) is 0 Å². The minimum atomic E-state index is 0.315. The first-order chi connectivity index (χ1) is 8.79. The molecule has 2 aromatic carbocycles. The van der Waals surface area contributed by atoms with Crippen molar-refractivity contribution in [1.29, 1.82) is 0 Å². The maximum atomic E-state index is 9.62. The SMILES string of the molecule is CCn1c(-c2ccccc2)cc2ccc(O)cc21. The van der Waals surface area contributed by atoms with E-state index in [4.69, 9.17) is 0 Å². The highest BCUT2D eigenvalue weighted by Gasteiger charge is 2.09. The molecule has 0 amide bonds. The summed E-state index contributed by atoms with van der Waals surface area (Å²) in [5.74, 6) is 0.315. The molecular formula is C16H15NO. The van der Waals surface area contributed by atoms with Crippen LogP contribution in [0.15, 0.2) is 54.6 Å². The lowest BCUT2D eigenvalue weighted by Crippen LogP contribution is -1.96. The lowest BCUT2D eigenvalue weighted by molar-refractivity contribution is 0.476. The fourth-order valence-corrected chi connectivity index (χ4v) is 2.43. The maximum Gasteiger partial charge on any atom is 0.117 e. The van der Waals surface area contributed by atoms with Crippen molar-refractivity contribution >= 4 is 10.9 Å². The predicted octanol–water partition coefficient (Wildman–Crippen LogP) is 4.03. The Balaban J connectivity index is 2.30. The van der Waals surface area contributed by atoms with Crippen LogP contribution < -0.4 is 0 Å². The molecule has 90 valence electrons. The van der Waals surface area contributed by atoms with Crippen LogP contribution in [0.3, 0.4) is 0 Å². The monoisotopic (exact) mass is 237 g/mol. The van der Waals surface area contributed by atoms with E-state index in [0.717, 1.165) is 17.4 Å². The number of aryl methyl sites for hydroxylation is 1. The largest absolute Gasteiger partial charge is 0.508 e. The molecule has 0 spiro atoms. The zero-order valence-electron chi connectivity index (χ0n) is 10.3. The second-order valence-electron chi connectivity index (χ2n) is 4.38. The van der Waals surface area contributed by atoms with Crippen molar-refractivity contribution in [3.8, 4) is 17.0 Å². The van der Waals surface area contributed by atoms with Crippen LogP contribution in [0.1, 0.15) is 6.92 Å². The molecule has 2 heteroatoms. The first kappa shape index (κ1) is 10.9. The third kappa shape index (κ3) is 1.66. The Kier molecular flexibility index (Phi) is 2.56. The Morgan fingerprint density at radius 3 is 2.50 bits per heavy atom. The molecule has 0 aliphatic rings. The highest BCUT2D eigenvalue weighted by molar-refractivity contribution is 5.88. The van der Waals surface area contributed by atoms with Gasteiger partial charge in [0, 0.05) is 23.7 Å². The van der Waals surface area contributed by atoms with Crippen LogP contribution in [0.2, 0.25) is 0 Å². The van der Waals surface area contributed by atoms with Gasteiger partial charge < -0.3 is 9.67 Å². The number of phenolic OH excluding ortho intramolecular Hbond substituents is 1. The number of phenols is 1. The van der Waals surface area contributed by atoms with Gasteiger partial charge in [0.05, 0.1) is 5.52 Å². The molecule has 0 aliphatic heterocycles. The van der Waals surface area contributed by atoms with Crippen LogP contribution in [0.5, 0.6) is 5.75 Å². The van der Waals surface area contributed by atoms with Gasteiger partial charge >= 0.3 is 0 Å². The van der Waals surface area contributed by atoms with Gasteiger partial charge in [0.2, 0.25) is 0 Å².